The van der Waals surface area contributed by atoms with Crippen LogP contribution in [0.5, 0.6) is 0 Å². The van der Waals surface area contributed by atoms with Crippen molar-refractivity contribution in [2.45, 2.75) is 26.4 Å². The first-order valence-electron chi connectivity index (χ1n) is 3.92. The monoisotopic (exact) mass is 204 g/mol. The minimum absolute atomic E-state index is 0.201. The second kappa shape index (κ2) is 3.36. The van der Waals surface area contributed by atoms with Crippen LogP contribution in [0.15, 0.2) is 12.1 Å². The largest absolute Gasteiger partial charge is 0.384 e. The molecule has 1 atom stereocenters. The van der Waals surface area contributed by atoms with E-state index in [0.29, 0.717) is 0 Å². The molecule has 0 saturated heterocycles. The number of halogens is 1. The third kappa shape index (κ3) is 1.82. The van der Waals surface area contributed by atoms with Crippen LogP contribution in [0, 0.1) is 5.92 Å². The molecule has 0 aliphatic heterocycles. The number of hydrogen-bond acceptors (Lipinski definition) is 2. The number of thiophene rings is 1. The van der Waals surface area contributed by atoms with Crippen LogP contribution in [0.3, 0.4) is 0 Å². The second-order valence-corrected chi connectivity index (χ2v) is 5.12. The summed E-state index contributed by atoms with van der Waals surface area (Å²) in [5, 5.41) is 10.0. The van der Waals surface area contributed by atoms with Gasteiger partial charge in [0.2, 0.25) is 0 Å². The van der Waals surface area contributed by atoms with Crippen molar-refractivity contribution in [2.24, 2.45) is 5.92 Å². The molecular formula is C9H13ClOS. The van der Waals surface area contributed by atoms with Crippen molar-refractivity contribution in [3.63, 3.8) is 0 Å². The molecule has 1 heterocycles. The average molecular weight is 205 g/mol. The van der Waals surface area contributed by atoms with Gasteiger partial charge in [-0.05, 0) is 25.0 Å². The van der Waals surface area contributed by atoms with E-state index < -0.39 is 5.60 Å². The standard InChI is InChI=1S/C9H13ClOS/c1-6(2)9(3,11)7-4-5-8(10)12-7/h4-6,11H,1-3H3. The van der Waals surface area contributed by atoms with E-state index in [9.17, 15) is 5.11 Å². The topological polar surface area (TPSA) is 20.2 Å². The van der Waals surface area contributed by atoms with Gasteiger partial charge in [0, 0.05) is 4.88 Å². The molecule has 1 nitrogen and oxygen atoms in total. The van der Waals surface area contributed by atoms with Crippen LogP contribution in [-0.4, -0.2) is 5.11 Å². The van der Waals surface area contributed by atoms with Crippen molar-refractivity contribution < 1.29 is 5.11 Å². The van der Waals surface area contributed by atoms with Crippen molar-refractivity contribution in [1.82, 2.24) is 0 Å². The molecule has 0 aliphatic carbocycles. The first-order valence-corrected chi connectivity index (χ1v) is 5.12. The van der Waals surface area contributed by atoms with Gasteiger partial charge in [-0.25, -0.2) is 0 Å². The molecule has 1 unspecified atom stereocenters. The van der Waals surface area contributed by atoms with E-state index in [1.165, 1.54) is 11.3 Å². The van der Waals surface area contributed by atoms with Crippen molar-refractivity contribution in [3.05, 3.63) is 21.3 Å². The van der Waals surface area contributed by atoms with Gasteiger partial charge in [-0.1, -0.05) is 25.4 Å². The molecule has 0 aromatic carbocycles. The minimum Gasteiger partial charge on any atom is -0.384 e. The second-order valence-electron chi connectivity index (χ2n) is 3.41. The van der Waals surface area contributed by atoms with Gasteiger partial charge in [0.15, 0.2) is 0 Å². The lowest BCUT2D eigenvalue weighted by molar-refractivity contribution is 0.0126. The molecule has 0 fully saturated rings. The maximum Gasteiger partial charge on any atom is 0.0983 e. The maximum atomic E-state index is 10.0. The molecule has 0 spiro atoms. The molecule has 3 heteroatoms. The molecule has 0 aliphatic rings. The molecule has 0 radical (unpaired) electrons. The predicted octanol–water partition coefficient (Wildman–Crippen LogP) is 3.27. The molecule has 0 bridgehead atoms. The van der Waals surface area contributed by atoms with Crippen LogP contribution in [0.25, 0.3) is 0 Å². The van der Waals surface area contributed by atoms with Gasteiger partial charge in [0.05, 0.1) is 9.94 Å². The Hall–Kier alpha value is -0.0500. The van der Waals surface area contributed by atoms with Gasteiger partial charge in [-0.2, -0.15) is 0 Å². The molecule has 12 heavy (non-hydrogen) atoms. The molecule has 68 valence electrons. The zero-order valence-electron chi connectivity index (χ0n) is 7.47. The Labute approximate surface area is 82.0 Å². The molecule has 1 N–H and O–H groups in total. The molecule has 0 saturated carbocycles. The summed E-state index contributed by atoms with van der Waals surface area (Å²) >= 11 is 7.22. The molecule has 1 aromatic rings. The smallest absolute Gasteiger partial charge is 0.0983 e. The first kappa shape index (κ1) is 10.0. The quantitative estimate of drug-likeness (QED) is 0.784. The maximum absolute atomic E-state index is 10.0. The first-order chi connectivity index (χ1) is 5.44. The molecule has 1 aromatic heterocycles. The summed E-state index contributed by atoms with van der Waals surface area (Å²) < 4.78 is 0.728. The van der Waals surface area contributed by atoms with E-state index in [-0.39, 0.29) is 5.92 Å². The lowest BCUT2D eigenvalue weighted by atomic mass is 9.91. The normalized spacial score (nSPS) is 16.5. The van der Waals surface area contributed by atoms with E-state index in [0.717, 1.165) is 9.21 Å². The van der Waals surface area contributed by atoms with Crippen LogP contribution in [0.4, 0.5) is 0 Å². The Morgan fingerprint density at radius 3 is 2.42 bits per heavy atom. The van der Waals surface area contributed by atoms with Crippen LogP contribution in [0.2, 0.25) is 4.34 Å². The van der Waals surface area contributed by atoms with E-state index in [2.05, 4.69) is 0 Å². The third-order valence-corrected chi connectivity index (χ3v) is 3.65. The van der Waals surface area contributed by atoms with Gasteiger partial charge in [-0.3, -0.25) is 0 Å². The van der Waals surface area contributed by atoms with Crippen LogP contribution < -0.4 is 0 Å². The number of rotatable bonds is 2. The highest BCUT2D eigenvalue weighted by molar-refractivity contribution is 7.16. The van der Waals surface area contributed by atoms with Crippen LogP contribution >= 0.6 is 22.9 Å². The van der Waals surface area contributed by atoms with E-state index in [4.69, 9.17) is 11.6 Å². The summed E-state index contributed by atoms with van der Waals surface area (Å²) in [6.07, 6.45) is 0. The van der Waals surface area contributed by atoms with Gasteiger partial charge in [0.1, 0.15) is 0 Å². The lowest BCUT2D eigenvalue weighted by Crippen LogP contribution is -2.26. The lowest BCUT2D eigenvalue weighted by Gasteiger charge is -2.26. The van der Waals surface area contributed by atoms with Gasteiger partial charge in [-0.15, -0.1) is 11.3 Å². The Kier molecular flexibility index (Phi) is 2.81. The summed E-state index contributed by atoms with van der Waals surface area (Å²) in [7, 11) is 0. The fraction of sp³-hybridized carbons (Fsp3) is 0.556. The fourth-order valence-corrected chi connectivity index (χ4v) is 2.11. The fourth-order valence-electron chi connectivity index (χ4n) is 0.871. The van der Waals surface area contributed by atoms with Crippen molar-refractivity contribution in [1.29, 1.82) is 0 Å². The summed E-state index contributed by atoms with van der Waals surface area (Å²) in [6.45, 7) is 5.81. The summed E-state index contributed by atoms with van der Waals surface area (Å²) in [5.41, 5.74) is -0.752. The Bertz CT molecular complexity index is 265. The van der Waals surface area contributed by atoms with Crippen molar-refractivity contribution >= 4 is 22.9 Å². The predicted molar refractivity (Wildman–Crippen MR) is 53.7 cm³/mol. The zero-order chi connectivity index (χ0) is 9.35. The molecular weight excluding hydrogens is 192 g/mol. The van der Waals surface area contributed by atoms with Crippen molar-refractivity contribution in [2.75, 3.05) is 0 Å². The van der Waals surface area contributed by atoms with Gasteiger partial charge >= 0.3 is 0 Å². The summed E-state index contributed by atoms with van der Waals surface area (Å²) in [4.78, 5) is 0.933. The van der Waals surface area contributed by atoms with Gasteiger partial charge in [0.25, 0.3) is 0 Å². The Balaban J connectivity index is 2.97. The highest BCUT2D eigenvalue weighted by Crippen LogP contribution is 2.35. The number of aliphatic hydroxyl groups is 1. The van der Waals surface area contributed by atoms with E-state index >= 15 is 0 Å². The highest BCUT2D eigenvalue weighted by Gasteiger charge is 2.28. The van der Waals surface area contributed by atoms with Crippen molar-refractivity contribution in [3.8, 4) is 0 Å². The Morgan fingerprint density at radius 2 is 2.08 bits per heavy atom. The minimum atomic E-state index is -0.752. The Morgan fingerprint density at radius 1 is 1.50 bits per heavy atom. The molecule has 0 amide bonds. The van der Waals surface area contributed by atoms with Crippen LogP contribution in [0.1, 0.15) is 25.6 Å². The average Bonchev–Trinajstić information content (AvgIpc) is 2.35. The number of hydrogen-bond donors (Lipinski definition) is 1. The molecule has 1 rings (SSSR count). The summed E-state index contributed by atoms with van der Waals surface area (Å²) in [5.74, 6) is 0.201. The summed E-state index contributed by atoms with van der Waals surface area (Å²) in [6, 6.07) is 3.70. The zero-order valence-corrected chi connectivity index (χ0v) is 9.04. The SMILES string of the molecule is CC(C)C(C)(O)c1ccc(Cl)s1. The third-order valence-electron chi connectivity index (χ3n) is 2.20. The van der Waals surface area contributed by atoms with E-state index in [1.54, 1.807) is 0 Å². The van der Waals surface area contributed by atoms with Gasteiger partial charge < -0.3 is 5.11 Å². The van der Waals surface area contributed by atoms with Crippen LogP contribution in [-0.2, 0) is 5.60 Å². The van der Waals surface area contributed by atoms with E-state index in [1.807, 2.05) is 32.9 Å². The highest BCUT2D eigenvalue weighted by atomic mass is 35.5.